The van der Waals surface area contributed by atoms with Crippen LogP contribution in [0.5, 0.6) is 5.75 Å². The molecule has 1 aliphatic heterocycles. The first-order chi connectivity index (χ1) is 16.0. The number of sulfonamides is 1. The highest BCUT2D eigenvalue weighted by atomic mass is 32.2. The van der Waals surface area contributed by atoms with Crippen LogP contribution in [0.15, 0.2) is 52.2 Å². The highest BCUT2D eigenvalue weighted by Gasteiger charge is 2.58. The third-order valence-corrected chi connectivity index (χ3v) is 6.37. The lowest BCUT2D eigenvalue weighted by atomic mass is 10.0. The second-order valence-corrected chi connectivity index (χ2v) is 9.33. The molecular formula is C21H24N4O8S. The number of aryl methyl sites for hydroxylation is 1. The van der Waals surface area contributed by atoms with Crippen molar-refractivity contribution in [2.75, 3.05) is 18.4 Å². The Labute approximate surface area is 195 Å². The summed E-state index contributed by atoms with van der Waals surface area (Å²) >= 11 is 0. The van der Waals surface area contributed by atoms with Gasteiger partial charge in [-0.1, -0.05) is 23.4 Å². The predicted octanol–water partition coefficient (Wildman–Crippen LogP) is 0.924. The Morgan fingerprint density at radius 1 is 1.21 bits per heavy atom. The average Bonchev–Trinajstić information content (AvgIpc) is 3.19. The van der Waals surface area contributed by atoms with Crippen molar-refractivity contribution in [1.29, 1.82) is 0 Å². The molecule has 0 saturated carbocycles. The van der Waals surface area contributed by atoms with E-state index in [1.165, 1.54) is 19.9 Å². The second kappa shape index (κ2) is 9.95. The molecule has 12 nitrogen and oxygen atoms in total. The molecule has 2 heterocycles. The number of hydrogen-bond acceptors (Lipinski definition) is 9. The molecule has 0 unspecified atom stereocenters. The fourth-order valence-electron chi connectivity index (χ4n) is 3.29. The number of anilines is 1. The van der Waals surface area contributed by atoms with Gasteiger partial charge in [0.15, 0.2) is 17.8 Å². The minimum atomic E-state index is -4.39. The molecule has 1 saturated heterocycles. The number of para-hydroxylation sites is 1. The van der Waals surface area contributed by atoms with Crippen molar-refractivity contribution in [1.82, 2.24) is 15.4 Å². The minimum Gasteiger partial charge on any atom is -0.484 e. The van der Waals surface area contributed by atoms with Crippen LogP contribution in [0.1, 0.15) is 19.6 Å². The summed E-state index contributed by atoms with van der Waals surface area (Å²) in [5, 5.41) is 4.29. The number of aromatic nitrogens is 1. The summed E-state index contributed by atoms with van der Waals surface area (Å²) in [7, 11) is -3.29. The summed E-state index contributed by atoms with van der Waals surface area (Å²) in [6.45, 7) is 4.16. The van der Waals surface area contributed by atoms with Crippen molar-refractivity contribution < 1.29 is 36.8 Å². The van der Waals surface area contributed by atoms with Crippen LogP contribution >= 0.6 is 0 Å². The van der Waals surface area contributed by atoms with Gasteiger partial charge in [0.25, 0.3) is 21.8 Å². The largest absolute Gasteiger partial charge is 0.484 e. The smallest absolute Gasteiger partial charge is 0.354 e. The molecule has 2 amide bonds. The van der Waals surface area contributed by atoms with E-state index in [1.807, 2.05) is 0 Å². The van der Waals surface area contributed by atoms with Crippen molar-refractivity contribution in [3.05, 3.63) is 53.4 Å². The number of β-lactam (4-membered cyclic amide) rings is 1. The normalized spacial score (nSPS) is 17.4. The van der Waals surface area contributed by atoms with Crippen LogP contribution in [0.4, 0.5) is 5.82 Å². The molecule has 1 fully saturated rings. The lowest BCUT2D eigenvalue weighted by molar-refractivity contribution is -0.152. The average molecular weight is 493 g/mol. The van der Waals surface area contributed by atoms with Gasteiger partial charge in [0.2, 0.25) is 0 Å². The molecule has 2 atom stereocenters. The SMILES string of the molecule is COC(=O)C(=C(C)C)N1C(=O)[C@@H](NC(=O)COc2ccccc2)[C@H]1S(=O)(=O)Nc1cc(C)on1. The standard InChI is InChI=1S/C21H24N4O8S/c1-12(2)18(21(28)31-4)25-19(27)17(22-16(26)11-32-14-8-6-5-7-9-14)20(25)34(29,30)24-15-10-13(3)33-23-15/h5-10,17,20H,11H2,1-4H3,(H,22,26)(H,23,24)/t17-,20-/m1/s1. The van der Waals surface area contributed by atoms with Crippen molar-refractivity contribution in [2.45, 2.75) is 32.2 Å². The maximum Gasteiger partial charge on any atom is 0.354 e. The number of allylic oxidation sites excluding steroid dienone is 1. The van der Waals surface area contributed by atoms with Gasteiger partial charge in [-0.05, 0) is 38.5 Å². The van der Waals surface area contributed by atoms with Crippen LogP contribution in [-0.4, -0.2) is 61.4 Å². The lowest BCUT2D eigenvalue weighted by Crippen LogP contribution is -2.74. The number of likely N-dealkylation sites (tertiary alicyclic amines) is 1. The summed E-state index contributed by atoms with van der Waals surface area (Å²) < 4.78 is 43.6. The molecule has 1 aromatic carbocycles. The Kier molecular flexibility index (Phi) is 7.25. The Morgan fingerprint density at radius 3 is 2.44 bits per heavy atom. The van der Waals surface area contributed by atoms with Gasteiger partial charge in [0.1, 0.15) is 23.2 Å². The van der Waals surface area contributed by atoms with Gasteiger partial charge in [-0.15, -0.1) is 0 Å². The topological polar surface area (TPSA) is 157 Å². The second-order valence-electron chi connectivity index (χ2n) is 7.56. The van der Waals surface area contributed by atoms with Gasteiger partial charge in [0.05, 0.1) is 7.11 Å². The van der Waals surface area contributed by atoms with Gasteiger partial charge in [0, 0.05) is 6.07 Å². The van der Waals surface area contributed by atoms with Crippen LogP contribution in [0, 0.1) is 6.92 Å². The molecular weight excluding hydrogens is 468 g/mol. The Hall–Kier alpha value is -3.87. The number of hydrogen-bond donors (Lipinski definition) is 2. The molecule has 34 heavy (non-hydrogen) atoms. The fraction of sp³-hybridized carbons (Fsp3) is 0.333. The summed E-state index contributed by atoms with van der Waals surface area (Å²) in [5.41, 5.74) is 0.0973. The van der Waals surface area contributed by atoms with Crippen molar-refractivity contribution >= 4 is 33.6 Å². The number of amides is 2. The number of carbonyl (C=O) groups excluding carboxylic acids is 3. The monoisotopic (exact) mass is 492 g/mol. The number of benzene rings is 1. The van der Waals surface area contributed by atoms with Gasteiger partial charge < -0.3 is 19.3 Å². The maximum atomic E-state index is 13.2. The predicted molar refractivity (Wildman–Crippen MR) is 119 cm³/mol. The number of rotatable bonds is 9. The number of carbonyl (C=O) groups is 3. The van der Waals surface area contributed by atoms with Crippen LogP contribution in [-0.2, 0) is 29.1 Å². The first-order valence-electron chi connectivity index (χ1n) is 10.1. The van der Waals surface area contributed by atoms with Gasteiger partial charge in [-0.3, -0.25) is 19.2 Å². The molecule has 2 N–H and O–H groups in total. The van der Waals surface area contributed by atoms with E-state index >= 15 is 0 Å². The number of esters is 1. The summed E-state index contributed by atoms with van der Waals surface area (Å²) in [5.74, 6) is -1.78. The molecule has 1 aromatic heterocycles. The van der Waals surface area contributed by atoms with Gasteiger partial charge in [-0.2, -0.15) is 0 Å². The molecule has 182 valence electrons. The molecule has 2 aromatic rings. The van der Waals surface area contributed by atoms with E-state index in [9.17, 15) is 22.8 Å². The zero-order valence-electron chi connectivity index (χ0n) is 18.9. The Balaban J connectivity index is 1.86. The van der Waals surface area contributed by atoms with E-state index in [4.69, 9.17) is 14.0 Å². The number of ether oxygens (including phenoxy) is 2. The minimum absolute atomic E-state index is 0.119. The molecule has 0 aliphatic carbocycles. The van der Waals surface area contributed by atoms with E-state index in [0.29, 0.717) is 17.1 Å². The van der Waals surface area contributed by atoms with Crippen LogP contribution in [0.2, 0.25) is 0 Å². The van der Waals surface area contributed by atoms with Crippen LogP contribution in [0.3, 0.4) is 0 Å². The third-order valence-electron chi connectivity index (χ3n) is 4.76. The first kappa shape index (κ1) is 24.8. The molecule has 0 radical (unpaired) electrons. The number of methoxy groups -OCH3 is 1. The van der Waals surface area contributed by atoms with E-state index in [0.717, 1.165) is 12.0 Å². The summed E-state index contributed by atoms with van der Waals surface area (Å²) in [6, 6.07) is 8.33. The highest BCUT2D eigenvalue weighted by molar-refractivity contribution is 7.93. The van der Waals surface area contributed by atoms with E-state index in [2.05, 4.69) is 15.2 Å². The number of nitrogens with zero attached hydrogens (tertiary/aromatic N) is 2. The molecule has 1 aliphatic rings. The van der Waals surface area contributed by atoms with Crippen LogP contribution < -0.4 is 14.8 Å². The highest BCUT2D eigenvalue weighted by Crippen LogP contribution is 2.32. The molecule has 0 bridgehead atoms. The van der Waals surface area contributed by atoms with E-state index in [-0.39, 0.29) is 11.5 Å². The van der Waals surface area contributed by atoms with Crippen molar-refractivity contribution in [3.8, 4) is 5.75 Å². The maximum absolute atomic E-state index is 13.2. The number of nitrogens with one attached hydrogen (secondary N) is 2. The third kappa shape index (κ3) is 5.20. The molecule has 0 spiro atoms. The van der Waals surface area contributed by atoms with E-state index in [1.54, 1.807) is 37.3 Å². The quantitative estimate of drug-likeness (QED) is 0.295. The first-order valence-corrected chi connectivity index (χ1v) is 11.6. The van der Waals surface area contributed by atoms with Crippen molar-refractivity contribution in [2.24, 2.45) is 0 Å². The van der Waals surface area contributed by atoms with Crippen molar-refractivity contribution in [3.63, 3.8) is 0 Å². The zero-order valence-corrected chi connectivity index (χ0v) is 19.7. The fourth-order valence-corrected chi connectivity index (χ4v) is 4.83. The summed E-state index contributed by atoms with van der Waals surface area (Å²) in [4.78, 5) is 38.5. The molecule has 3 rings (SSSR count). The summed E-state index contributed by atoms with van der Waals surface area (Å²) in [6.07, 6.45) is 0. The molecule has 13 heteroatoms. The lowest BCUT2D eigenvalue weighted by Gasteiger charge is -2.46. The Bertz CT molecular complexity index is 1220. The van der Waals surface area contributed by atoms with E-state index < -0.39 is 45.8 Å². The van der Waals surface area contributed by atoms with Gasteiger partial charge in [-0.25, -0.2) is 13.2 Å². The Morgan fingerprint density at radius 2 is 1.88 bits per heavy atom. The van der Waals surface area contributed by atoms with Crippen LogP contribution in [0.25, 0.3) is 0 Å². The zero-order chi connectivity index (χ0) is 25.0. The van der Waals surface area contributed by atoms with Gasteiger partial charge >= 0.3 is 5.97 Å².